The molecule has 0 aliphatic carbocycles. The number of para-hydroxylation sites is 1. The van der Waals surface area contributed by atoms with Crippen LogP contribution in [-0.4, -0.2) is 37.7 Å². The van der Waals surface area contributed by atoms with Gasteiger partial charge in [0.25, 0.3) is 0 Å². The van der Waals surface area contributed by atoms with E-state index in [0.717, 1.165) is 31.3 Å². The fourth-order valence-corrected chi connectivity index (χ4v) is 2.66. The molecular formula is C18H26N2O. The summed E-state index contributed by atoms with van der Waals surface area (Å²) in [7, 11) is 0. The first kappa shape index (κ1) is 15.9. The molecule has 1 aliphatic heterocycles. The largest absolute Gasteiger partial charge is 0.481 e. The van der Waals surface area contributed by atoms with Crippen LogP contribution in [0.1, 0.15) is 25.3 Å². The molecule has 0 radical (unpaired) electrons. The summed E-state index contributed by atoms with van der Waals surface area (Å²) in [5.74, 6) is 4.29. The molecule has 0 saturated carbocycles. The molecule has 1 saturated heterocycles. The van der Waals surface area contributed by atoms with Gasteiger partial charge in [0.05, 0.1) is 0 Å². The van der Waals surface area contributed by atoms with E-state index in [4.69, 9.17) is 11.2 Å². The second-order valence-corrected chi connectivity index (χ2v) is 5.80. The average molecular weight is 286 g/mol. The van der Waals surface area contributed by atoms with E-state index in [1.807, 2.05) is 18.2 Å². The van der Waals surface area contributed by atoms with Crippen molar-refractivity contribution in [3.8, 4) is 18.1 Å². The Kier molecular flexibility index (Phi) is 6.59. The van der Waals surface area contributed by atoms with E-state index in [-0.39, 0.29) is 0 Å². The molecule has 0 unspecified atom stereocenters. The maximum atomic E-state index is 5.56. The van der Waals surface area contributed by atoms with Crippen LogP contribution in [0.2, 0.25) is 0 Å². The number of rotatable bonds is 7. The smallest absolute Gasteiger partial charge is 0.148 e. The minimum Gasteiger partial charge on any atom is -0.481 e. The molecule has 3 nitrogen and oxygen atoms in total. The first-order chi connectivity index (χ1) is 10.3. The van der Waals surface area contributed by atoms with Gasteiger partial charge in [-0.3, -0.25) is 0 Å². The van der Waals surface area contributed by atoms with Crippen molar-refractivity contribution in [2.24, 2.45) is 5.92 Å². The summed E-state index contributed by atoms with van der Waals surface area (Å²) in [6, 6.07) is 8.07. The van der Waals surface area contributed by atoms with Crippen LogP contribution in [0.5, 0.6) is 5.75 Å². The lowest BCUT2D eigenvalue weighted by Gasteiger charge is -2.30. The molecule has 1 heterocycles. The van der Waals surface area contributed by atoms with Crippen LogP contribution < -0.4 is 10.1 Å². The van der Waals surface area contributed by atoms with Crippen molar-refractivity contribution in [1.29, 1.82) is 0 Å². The Bertz CT molecular complexity index is 459. The summed E-state index contributed by atoms with van der Waals surface area (Å²) < 4.78 is 5.56. The molecule has 3 heteroatoms. The number of terminal acetylenes is 1. The fourth-order valence-electron chi connectivity index (χ4n) is 2.66. The average Bonchev–Trinajstić information content (AvgIpc) is 2.52. The molecule has 1 aromatic carbocycles. The van der Waals surface area contributed by atoms with Gasteiger partial charge < -0.3 is 15.0 Å². The first-order valence-corrected chi connectivity index (χ1v) is 7.87. The van der Waals surface area contributed by atoms with Crippen LogP contribution in [0.15, 0.2) is 24.3 Å². The van der Waals surface area contributed by atoms with Crippen LogP contribution in [0.4, 0.5) is 0 Å². The predicted molar refractivity (Wildman–Crippen MR) is 87.3 cm³/mol. The molecular weight excluding hydrogens is 260 g/mol. The Hall–Kier alpha value is -1.50. The van der Waals surface area contributed by atoms with Gasteiger partial charge >= 0.3 is 0 Å². The van der Waals surface area contributed by atoms with Crippen LogP contribution in [-0.2, 0) is 6.54 Å². The van der Waals surface area contributed by atoms with Crippen molar-refractivity contribution < 1.29 is 4.74 Å². The lowest BCUT2D eigenvalue weighted by molar-refractivity contribution is 0.193. The molecule has 0 aromatic heterocycles. The summed E-state index contributed by atoms with van der Waals surface area (Å²) in [6.45, 7) is 8.12. The van der Waals surface area contributed by atoms with Crippen LogP contribution >= 0.6 is 0 Å². The lowest BCUT2D eigenvalue weighted by atomic mass is 9.99. The van der Waals surface area contributed by atoms with Crippen molar-refractivity contribution in [3.63, 3.8) is 0 Å². The van der Waals surface area contributed by atoms with E-state index in [9.17, 15) is 0 Å². The van der Waals surface area contributed by atoms with Gasteiger partial charge in [-0.1, -0.05) is 31.0 Å². The number of piperidine rings is 1. The quantitative estimate of drug-likeness (QED) is 0.616. The standard InChI is InChI=1S/C18H26N2O/c1-3-14-21-18-7-5-4-6-17(18)15-19-10-13-20-11-8-16(2)9-12-20/h1,4-7,16,19H,8-15H2,2H3. The molecule has 0 amide bonds. The van der Waals surface area contributed by atoms with Crippen molar-refractivity contribution in [2.75, 3.05) is 32.8 Å². The molecule has 21 heavy (non-hydrogen) atoms. The second-order valence-electron chi connectivity index (χ2n) is 5.80. The summed E-state index contributed by atoms with van der Waals surface area (Å²) >= 11 is 0. The third-order valence-electron chi connectivity index (χ3n) is 4.08. The Balaban J connectivity index is 1.70. The molecule has 1 aliphatic rings. The summed E-state index contributed by atoms with van der Waals surface area (Å²) in [4.78, 5) is 2.55. The minimum atomic E-state index is 0.322. The number of nitrogens with zero attached hydrogens (tertiary/aromatic N) is 1. The molecule has 2 rings (SSSR count). The van der Waals surface area contributed by atoms with Crippen molar-refractivity contribution in [2.45, 2.75) is 26.3 Å². The van der Waals surface area contributed by atoms with Gasteiger partial charge in [0.2, 0.25) is 0 Å². The number of likely N-dealkylation sites (tertiary alicyclic amines) is 1. The molecule has 1 N–H and O–H groups in total. The van der Waals surface area contributed by atoms with Gasteiger partial charge in [0.1, 0.15) is 12.4 Å². The van der Waals surface area contributed by atoms with Crippen LogP contribution in [0.25, 0.3) is 0 Å². The third-order valence-corrected chi connectivity index (χ3v) is 4.08. The van der Waals surface area contributed by atoms with Gasteiger partial charge in [0.15, 0.2) is 0 Å². The van der Waals surface area contributed by atoms with Crippen LogP contribution in [0.3, 0.4) is 0 Å². The maximum absolute atomic E-state index is 5.56. The Morgan fingerprint density at radius 1 is 1.33 bits per heavy atom. The van der Waals surface area contributed by atoms with E-state index in [1.54, 1.807) is 0 Å². The van der Waals surface area contributed by atoms with Gasteiger partial charge in [0, 0.05) is 25.2 Å². The number of hydrogen-bond acceptors (Lipinski definition) is 3. The van der Waals surface area contributed by atoms with E-state index in [2.05, 4.69) is 29.1 Å². The summed E-state index contributed by atoms with van der Waals surface area (Å²) in [5.41, 5.74) is 1.17. The summed E-state index contributed by atoms with van der Waals surface area (Å²) in [6.07, 6.45) is 7.92. The maximum Gasteiger partial charge on any atom is 0.148 e. The highest BCUT2D eigenvalue weighted by atomic mass is 16.5. The highest BCUT2D eigenvalue weighted by Gasteiger charge is 2.14. The number of ether oxygens (including phenoxy) is 1. The second kappa shape index (κ2) is 8.71. The van der Waals surface area contributed by atoms with Gasteiger partial charge in [-0.15, -0.1) is 6.42 Å². The number of nitrogens with one attached hydrogen (secondary N) is 1. The van der Waals surface area contributed by atoms with E-state index >= 15 is 0 Å². The molecule has 0 bridgehead atoms. The number of benzene rings is 1. The summed E-state index contributed by atoms with van der Waals surface area (Å²) in [5, 5.41) is 3.50. The van der Waals surface area contributed by atoms with E-state index < -0.39 is 0 Å². The third kappa shape index (κ3) is 5.41. The first-order valence-electron chi connectivity index (χ1n) is 7.87. The van der Waals surface area contributed by atoms with E-state index in [0.29, 0.717) is 6.61 Å². The molecule has 0 atom stereocenters. The van der Waals surface area contributed by atoms with Crippen molar-refractivity contribution >= 4 is 0 Å². The van der Waals surface area contributed by atoms with Crippen molar-refractivity contribution in [1.82, 2.24) is 10.2 Å². The predicted octanol–water partition coefficient (Wildman–Crippen LogP) is 2.52. The van der Waals surface area contributed by atoms with Gasteiger partial charge in [-0.05, 0) is 37.9 Å². The zero-order valence-corrected chi connectivity index (χ0v) is 13.0. The van der Waals surface area contributed by atoms with Gasteiger partial charge in [-0.25, -0.2) is 0 Å². The zero-order valence-electron chi connectivity index (χ0n) is 13.0. The van der Waals surface area contributed by atoms with Crippen molar-refractivity contribution in [3.05, 3.63) is 29.8 Å². The lowest BCUT2D eigenvalue weighted by Crippen LogP contribution is -2.37. The highest BCUT2D eigenvalue weighted by molar-refractivity contribution is 5.33. The van der Waals surface area contributed by atoms with Gasteiger partial charge in [-0.2, -0.15) is 0 Å². The Morgan fingerprint density at radius 2 is 2.10 bits per heavy atom. The van der Waals surface area contributed by atoms with E-state index in [1.165, 1.54) is 31.5 Å². The molecule has 1 aromatic rings. The molecule has 1 fully saturated rings. The van der Waals surface area contributed by atoms with Crippen LogP contribution in [0, 0.1) is 18.3 Å². The highest BCUT2D eigenvalue weighted by Crippen LogP contribution is 2.18. The molecule has 0 spiro atoms. The Morgan fingerprint density at radius 3 is 2.86 bits per heavy atom. The minimum absolute atomic E-state index is 0.322. The molecule has 114 valence electrons. The number of hydrogen-bond donors (Lipinski definition) is 1. The normalized spacial score (nSPS) is 16.6. The Labute approximate surface area is 128 Å². The monoisotopic (exact) mass is 286 g/mol. The SMILES string of the molecule is C#CCOc1ccccc1CNCCN1CCC(C)CC1. The fraction of sp³-hybridized carbons (Fsp3) is 0.556. The zero-order chi connectivity index (χ0) is 14.9. The topological polar surface area (TPSA) is 24.5 Å².